The molecule has 6 heteroatoms. The molecule has 23 heavy (non-hydrogen) atoms. The molecule has 0 radical (unpaired) electrons. The van der Waals surface area contributed by atoms with E-state index in [2.05, 4.69) is 43.0 Å². The minimum Gasteiger partial charge on any atom is -0.393 e. The van der Waals surface area contributed by atoms with Crippen LogP contribution in [0.25, 0.3) is 0 Å². The van der Waals surface area contributed by atoms with Gasteiger partial charge in [0.15, 0.2) is 11.6 Å². The largest absolute Gasteiger partial charge is 0.393 e. The van der Waals surface area contributed by atoms with Gasteiger partial charge in [-0.25, -0.2) is 9.97 Å². The van der Waals surface area contributed by atoms with E-state index in [0.717, 1.165) is 28.9 Å². The van der Waals surface area contributed by atoms with E-state index in [0.29, 0.717) is 17.5 Å². The third-order valence-corrected chi connectivity index (χ3v) is 4.81. The summed E-state index contributed by atoms with van der Waals surface area (Å²) in [4.78, 5) is 11.1. The van der Waals surface area contributed by atoms with Gasteiger partial charge < -0.3 is 16.0 Å². The summed E-state index contributed by atoms with van der Waals surface area (Å²) < 4.78 is 1.01. The standard InChI is InChI=1S/C17H22BrN5/c1-2-14-8-3-4-9-23(14)17-15(19)16(20-11-21-17)22-13-7-5-6-12(18)10-13/h5-7,10-11,14H,2-4,8-9,19H2,1H3,(H,20,21,22). The summed E-state index contributed by atoms with van der Waals surface area (Å²) >= 11 is 3.48. The number of piperidine rings is 1. The van der Waals surface area contributed by atoms with Crippen LogP contribution in [0.1, 0.15) is 32.6 Å². The summed E-state index contributed by atoms with van der Waals surface area (Å²) in [7, 11) is 0. The van der Waals surface area contributed by atoms with Crippen LogP contribution in [0, 0.1) is 0 Å². The molecule has 0 spiro atoms. The van der Waals surface area contributed by atoms with Gasteiger partial charge in [0, 0.05) is 22.7 Å². The van der Waals surface area contributed by atoms with Crippen LogP contribution in [0.15, 0.2) is 35.1 Å². The quantitative estimate of drug-likeness (QED) is 0.831. The third kappa shape index (κ3) is 3.58. The molecule has 0 aliphatic carbocycles. The fourth-order valence-corrected chi connectivity index (χ4v) is 3.52. The number of anilines is 4. The van der Waals surface area contributed by atoms with E-state index in [1.54, 1.807) is 6.33 Å². The highest BCUT2D eigenvalue weighted by Gasteiger charge is 2.24. The van der Waals surface area contributed by atoms with Crippen LogP contribution in [-0.2, 0) is 0 Å². The maximum absolute atomic E-state index is 6.38. The Bertz CT molecular complexity index is 676. The van der Waals surface area contributed by atoms with E-state index >= 15 is 0 Å². The van der Waals surface area contributed by atoms with Crippen molar-refractivity contribution < 1.29 is 0 Å². The minimum absolute atomic E-state index is 0.514. The zero-order valence-corrected chi connectivity index (χ0v) is 14.9. The second kappa shape index (κ2) is 7.17. The first kappa shape index (κ1) is 16.1. The van der Waals surface area contributed by atoms with Gasteiger partial charge in [-0.05, 0) is 43.9 Å². The van der Waals surface area contributed by atoms with Gasteiger partial charge in [-0.1, -0.05) is 28.9 Å². The van der Waals surface area contributed by atoms with Crippen LogP contribution >= 0.6 is 15.9 Å². The maximum atomic E-state index is 6.38. The molecule has 3 rings (SSSR count). The summed E-state index contributed by atoms with van der Waals surface area (Å²) in [6, 6.07) is 8.46. The molecule has 5 nitrogen and oxygen atoms in total. The van der Waals surface area contributed by atoms with Crippen molar-refractivity contribution in [2.24, 2.45) is 0 Å². The van der Waals surface area contributed by atoms with Crippen molar-refractivity contribution in [2.75, 3.05) is 22.5 Å². The van der Waals surface area contributed by atoms with Crippen molar-refractivity contribution in [1.82, 2.24) is 9.97 Å². The van der Waals surface area contributed by atoms with Crippen molar-refractivity contribution >= 4 is 38.9 Å². The van der Waals surface area contributed by atoms with E-state index in [1.807, 2.05) is 24.3 Å². The molecule has 1 fully saturated rings. The zero-order valence-electron chi connectivity index (χ0n) is 13.3. The number of nitrogens with zero attached hydrogens (tertiary/aromatic N) is 3. The highest BCUT2D eigenvalue weighted by atomic mass is 79.9. The highest BCUT2D eigenvalue weighted by molar-refractivity contribution is 9.10. The minimum atomic E-state index is 0.514. The van der Waals surface area contributed by atoms with Gasteiger partial charge in [0.1, 0.15) is 12.0 Å². The van der Waals surface area contributed by atoms with E-state index < -0.39 is 0 Å². The molecule has 1 aliphatic heterocycles. The first-order valence-electron chi connectivity index (χ1n) is 8.08. The predicted octanol–water partition coefficient (Wildman–Crippen LogP) is 4.33. The number of hydrogen-bond acceptors (Lipinski definition) is 5. The number of benzene rings is 1. The topological polar surface area (TPSA) is 67.1 Å². The van der Waals surface area contributed by atoms with E-state index in [4.69, 9.17) is 5.73 Å². The number of nitrogen functional groups attached to an aromatic ring is 1. The summed E-state index contributed by atoms with van der Waals surface area (Å²) in [6.07, 6.45) is 6.37. The molecule has 0 amide bonds. The van der Waals surface area contributed by atoms with Crippen LogP contribution < -0.4 is 16.0 Å². The molecule has 1 unspecified atom stereocenters. The fourth-order valence-electron chi connectivity index (χ4n) is 3.12. The number of hydrogen-bond donors (Lipinski definition) is 2. The normalized spacial score (nSPS) is 18.0. The highest BCUT2D eigenvalue weighted by Crippen LogP contribution is 2.33. The summed E-state index contributed by atoms with van der Waals surface area (Å²) in [6.45, 7) is 3.23. The number of rotatable bonds is 4. The number of halogens is 1. The van der Waals surface area contributed by atoms with Crippen molar-refractivity contribution in [3.8, 4) is 0 Å². The number of aromatic nitrogens is 2. The van der Waals surface area contributed by atoms with Crippen LogP contribution in [0.3, 0.4) is 0 Å². The van der Waals surface area contributed by atoms with E-state index in [9.17, 15) is 0 Å². The molecular weight excluding hydrogens is 354 g/mol. The summed E-state index contributed by atoms with van der Waals surface area (Å²) in [5, 5.41) is 3.29. The average molecular weight is 376 g/mol. The predicted molar refractivity (Wildman–Crippen MR) is 99.1 cm³/mol. The molecule has 0 saturated carbocycles. The number of nitrogens with two attached hydrogens (primary N) is 1. The lowest BCUT2D eigenvalue weighted by atomic mass is 10.00. The fraction of sp³-hybridized carbons (Fsp3) is 0.412. The second-order valence-electron chi connectivity index (χ2n) is 5.85. The van der Waals surface area contributed by atoms with Crippen LogP contribution in [0.2, 0.25) is 0 Å². The Morgan fingerprint density at radius 2 is 2.22 bits per heavy atom. The molecule has 1 aromatic carbocycles. The SMILES string of the molecule is CCC1CCCCN1c1ncnc(Nc2cccc(Br)c2)c1N. The Hall–Kier alpha value is -1.82. The van der Waals surface area contributed by atoms with Gasteiger partial charge in [-0.15, -0.1) is 0 Å². The lowest BCUT2D eigenvalue weighted by Crippen LogP contribution is -2.40. The summed E-state index contributed by atoms with van der Waals surface area (Å²) in [5.74, 6) is 1.51. The first-order valence-corrected chi connectivity index (χ1v) is 8.88. The molecule has 122 valence electrons. The Kier molecular flexibility index (Phi) is 5.00. The van der Waals surface area contributed by atoms with Crippen LogP contribution in [0.4, 0.5) is 23.0 Å². The molecule has 1 aromatic heterocycles. The van der Waals surface area contributed by atoms with Crippen molar-refractivity contribution in [1.29, 1.82) is 0 Å². The first-order chi connectivity index (χ1) is 11.2. The Morgan fingerprint density at radius 3 is 3.00 bits per heavy atom. The molecule has 3 N–H and O–H groups in total. The number of nitrogens with one attached hydrogen (secondary N) is 1. The smallest absolute Gasteiger partial charge is 0.159 e. The van der Waals surface area contributed by atoms with E-state index in [-0.39, 0.29) is 0 Å². The molecule has 1 atom stereocenters. The van der Waals surface area contributed by atoms with Gasteiger partial charge in [0.05, 0.1) is 0 Å². The lowest BCUT2D eigenvalue weighted by Gasteiger charge is -2.36. The molecule has 0 bridgehead atoms. The van der Waals surface area contributed by atoms with Crippen LogP contribution in [-0.4, -0.2) is 22.6 Å². The molecule has 1 saturated heterocycles. The van der Waals surface area contributed by atoms with Crippen molar-refractivity contribution in [2.45, 2.75) is 38.6 Å². The molecule has 1 aliphatic rings. The third-order valence-electron chi connectivity index (χ3n) is 4.32. The van der Waals surface area contributed by atoms with Crippen molar-refractivity contribution in [3.63, 3.8) is 0 Å². The maximum Gasteiger partial charge on any atom is 0.159 e. The monoisotopic (exact) mass is 375 g/mol. The zero-order chi connectivity index (χ0) is 16.2. The Labute approximate surface area is 145 Å². The van der Waals surface area contributed by atoms with E-state index in [1.165, 1.54) is 19.3 Å². The van der Waals surface area contributed by atoms with Crippen molar-refractivity contribution in [3.05, 3.63) is 35.1 Å². The van der Waals surface area contributed by atoms with Crippen LogP contribution in [0.5, 0.6) is 0 Å². The molecular formula is C17H22BrN5. The summed E-state index contributed by atoms with van der Waals surface area (Å²) in [5.41, 5.74) is 7.94. The molecule has 2 heterocycles. The van der Waals surface area contributed by atoms with Gasteiger partial charge in [-0.3, -0.25) is 0 Å². The molecule has 2 aromatic rings. The lowest BCUT2D eigenvalue weighted by molar-refractivity contribution is 0.447. The average Bonchev–Trinajstić information content (AvgIpc) is 2.57. The Morgan fingerprint density at radius 1 is 1.35 bits per heavy atom. The van der Waals surface area contributed by atoms with Gasteiger partial charge >= 0.3 is 0 Å². The Balaban J connectivity index is 1.88. The second-order valence-corrected chi connectivity index (χ2v) is 6.76. The van der Waals surface area contributed by atoms with Gasteiger partial charge in [-0.2, -0.15) is 0 Å². The van der Waals surface area contributed by atoms with Gasteiger partial charge in [0.2, 0.25) is 0 Å². The van der Waals surface area contributed by atoms with Gasteiger partial charge in [0.25, 0.3) is 0 Å².